The zero-order valence-electron chi connectivity index (χ0n) is 22.0. The summed E-state index contributed by atoms with van der Waals surface area (Å²) in [5.74, 6) is 0.412. The predicted octanol–water partition coefficient (Wildman–Crippen LogP) is 4.62. The van der Waals surface area contributed by atoms with E-state index in [1.54, 1.807) is 27.6 Å². The molecule has 10 nitrogen and oxygen atoms in total. The predicted molar refractivity (Wildman–Crippen MR) is 137 cm³/mol. The van der Waals surface area contributed by atoms with Gasteiger partial charge in [-0.15, -0.1) is 0 Å². The van der Waals surface area contributed by atoms with Gasteiger partial charge in [-0.3, -0.25) is 4.79 Å². The second kappa shape index (κ2) is 10.0. The number of halogens is 1. The maximum atomic E-state index is 13.2. The first-order chi connectivity index (χ1) is 18.1. The number of aryl methyl sites for hydroxylation is 1. The number of carbonyl (C=O) groups is 1. The third kappa shape index (κ3) is 5.18. The lowest BCUT2D eigenvalue weighted by atomic mass is 9.93. The van der Waals surface area contributed by atoms with Gasteiger partial charge in [-0.2, -0.15) is 10.1 Å². The number of likely N-dealkylation sites (tertiary alicyclic amines) is 1. The molecule has 0 unspecified atom stereocenters. The van der Waals surface area contributed by atoms with Gasteiger partial charge in [0.05, 0.1) is 11.4 Å². The van der Waals surface area contributed by atoms with Crippen LogP contribution in [0.5, 0.6) is 0 Å². The van der Waals surface area contributed by atoms with E-state index in [0.29, 0.717) is 55.1 Å². The van der Waals surface area contributed by atoms with E-state index < -0.39 is 5.60 Å². The van der Waals surface area contributed by atoms with E-state index >= 15 is 0 Å². The quantitative estimate of drug-likeness (QED) is 0.393. The molecule has 200 valence electrons. The summed E-state index contributed by atoms with van der Waals surface area (Å²) in [6.07, 6.45) is 2.15. The van der Waals surface area contributed by atoms with Gasteiger partial charge in [-0.25, -0.2) is 13.7 Å². The molecule has 0 spiro atoms. The zero-order chi connectivity index (χ0) is 27.0. The van der Waals surface area contributed by atoms with Gasteiger partial charge in [0.15, 0.2) is 5.82 Å². The van der Waals surface area contributed by atoms with E-state index in [2.05, 4.69) is 15.1 Å². The van der Waals surface area contributed by atoms with Crippen LogP contribution in [0.4, 0.5) is 9.18 Å². The largest absolute Gasteiger partial charge is 0.443 e. The molecule has 0 aliphatic carbocycles. The van der Waals surface area contributed by atoms with Crippen LogP contribution in [0.2, 0.25) is 0 Å². The molecular weight excluding hydrogens is 491 g/mol. The van der Waals surface area contributed by atoms with Crippen molar-refractivity contribution in [2.75, 3.05) is 13.1 Å². The molecular formula is C27H31FN6O4. The third-order valence-electron chi connectivity index (χ3n) is 7.17. The summed E-state index contributed by atoms with van der Waals surface area (Å²) in [6.45, 7) is 8.66. The highest BCUT2D eigenvalue weighted by molar-refractivity contribution is 5.74. The van der Waals surface area contributed by atoms with Crippen molar-refractivity contribution >= 4 is 11.7 Å². The Morgan fingerprint density at radius 2 is 1.95 bits per heavy atom. The van der Waals surface area contributed by atoms with Crippen molar-refractivity contribution in [2.24, 2.45) is 0 Å². The number of rotatable bonds is 6. The summed E-state index contributed by atoms with van der Waals surface area (Å²) in [5.41, 5.74) is 2.52. The Bertz CT molecular complexity index is 1510. The molecule has 1 amide bonds. The number of nitrogens with one attached hydrogen (secondary N) is 1. The third-order valence-corrected chi connectivity index (χ3v) is 7.17. The number of amides is 1. The topological polar surface area (TPSA) is 119 Å². The average Bonchev–Trinajstić information content (AvgIpc) is 3.47. The number of hydrogen-bond acceptors (Lipinski definition) is 7. The minimum absolute atomic E-state index is 0.0342. The molecule has 5 rings (SSSR count). The van der Waals surface area contributed by atoms with Crippen molar-refractivity contribution < 1.29 is 18.4 Å². The summed E-state index contributed by atoms with van der Waals surface area (Å²) in [7, 11) is 0. The SMILES string of the molecule is CCC(C)(C)OC(=O)N1CCC(c2cc(=O)[nH]c3c(-c4nc(Cc5ccc(F)cc5)no4)c(C)nn23)CC1. The number of H-pyrrole nitrogens is 1. The van der Waals surface area contributed by atoms with Gasteiger partial charge >= 0.3 is 6.09 Å². The monoisotopic (exact) mass is 522 g/mol. The molecule has 4 heterocycles. The highest BCUT2D eigenvalue weighted by atomic mass is 19.1. The van der Waals surface area contributed by atoms with Gasteiger partial charge in [0.25, 0.3) is 11.4 Å². The number of piperidine rings is 1. The van der Waals surface area contributed by atoms with E-state index in [4.69, 9.17) is 14.4 Å². The van der Waals surface area contributed by atoms with Crippen LogP contribution < -0.4 is 5.56 Å². The minimum Gasteiger partial charge on any atom is -0.443 e. The van der Waals surface area contributed by atoms with Gasteiger partial charge in [0, 0.05) is 31.5 Å². The van der Waals surface area contributed by atoms with E-state index in [9.17, 15) is 14.0 Å². The number of aromatic nitrogens is 5. The first kappa shape index (κ1) is 25.6. The number of aromatic amines is 1. The fourth-order valence-electron chi connectivity index (χ4n) is 4.67. The molecule has 1 aromatic carbocycles. The molecule has 4 aromatic rings. The van der Waals surface area contributed by atoms with Gasteiger partial charge in [0.2, 0.25) is 0 Å². The van der Waals surface area contributed by atoms with Gasteiger partial charge < -0.3 is 19.1 Å². The number of fused-ring (bicyclic) bond motifs is 1. The summed E-state index contributed by atoms with van der Waals surface area (Å²) < 4.78 is 26.1. The Labute approximate surface area is 218 Å². The van der Waals surface area contributed by atoms with Crippen LogP contribution in [0.1, 0.15) is 68.7 Å². The Morgan fingerprint density at radius 3 is 2.63 bits per heavy atom. The van der Waals surface area contributed by atoms with Crippen LogP contribution in [0, 0.1) is 12.7 Å². The van der Waals surface area contributed by atoms with Gasteiger partial charge in [-0.05, 0) is 57.7 Å². The molecule has 0 bridgehead atoms. The van der Waals surface area contributed by atoms with Crippen molar-refractivity contribution in [1.29, 1.82) is 0 Å². The Balaban J connectivity index is 1.38. The highest BCUT2D eigenvalue weighted by Crippen LogP contribution is 2.32. The van der Waals surface area contributed by atoms with E-state index in [-0.39, 0.29) is 29.3 Å². The molecule has 0 radical (unpaired) electrons. The number of hydrogen-bond donors (Lipinski definition) is 1. The molecule has 1 aliphatic heterocycles. The fraction of sp³-hybridized carbons (Fsp3) is 0.444. The van der Waals surface area contributed by atoms with Crippen LogP contribution in [0.15, 0.2) is 39.6 Å². The molecule has 1 saturated heterocycles. The maximum absolute atomic E-state index is 13.2. The van der Waals surface area contributed by atoms with Crippen molar-refractivity contribution in [3.63, 3.8) is 0 Å². The number of nitrogens with zero attached hydrogens (tertiary/aromatic N) is 5. The molecule has 11 heteroatoms. The molecule has 1 fully saturated rings. The van der Waals surface area contributed by atoms with Crippen molar-refractivity contribution in [3.8, 4) is 11.5 Å². The van der Waals surface area contributed by atoms with Crippen molar-refractivity contribution in [3.05, 3.63) is 69.3 Å². The lowest BCUT2D eigenvalue weighted by Crippen LogP contribution is -2.42. The zero-order valence-corrected chi connectivity index (χ0v) is 22.0. The number of carbonyl (C=O) groups excluding carboxylic acids is 1. The van der Waals surface area contributed by atoms with Crippen LogP contribution in [-0.2, 0) is 11.2 Å². The average molecular weight is 523 g/mol. The number of ether oxygens (including phenoxy) is 1. The number of benzene rings is 1. The Morgan fingerprint density at radius 1 is 1.24 bits per heavy atom. The van der Waals surface area contributed by atoms with Crippen LogP contribution >= 0.6 is 0 Å². The van der Waals surface area contributed by atoms with Crippen molar-refractivity contribution in [1.82, 2.24) is 29.6 Å². The van der Waals surface area contributed by atoms with Gasteiger partial charge in [0.1, 0.15) is 22.6 Å². The highest BCUT2D eigenvalue weighted by Gasteiger charge is 2.31. The summed E-state index contributed by atoms with van der Waals surface area (Å²) in [6, 6.07) is 7.68. The van der Waals surface area contributed by atoms with Crippen LogP contribution in [-0.4, -0.2) is 54.4 Å². The summed E-state index contributed by atoms with van der Waals surface area (Å²) in [4.78, 5) is 34.4. The maximum Gasteiger partial charge on any atom is 0.410 e. The molecule has 0 saturated carbocycles. The Hall–Kier alpha value is -4.02. The van der Waals surface area contributed by atoms with E-state index in [1.165, 1.54) is 12.1 Å². The second-order valence-electron chi connectivity index (χ2n) is 10.3. The van der Waals surface area contributed by atoms with E-state index in [1.807, 2.05) is 27.7 Å². The second-order valence-corrected chi connectivity index (χ2v) is 10.3. The summed E-state index contributed by atoms with van der Waals surface area (Å²) >= 11 is 0. The molecule has 38 heavy (non-hydrogen) atoms. The first-order valence-corrected chi connectivity index (χ1v) is 12.8. The normalized spacial score (nSPS) is 14.8. The fourth-order valence-corrected chi connectivity index (χ4v) is 4.67. The molecule has 1 aliphatic rings. The summed E-state index contributed by atoms with van der Waals surface area (Å²) in [5, 5.41) is 8.76. The van der Waals surface area contributed by atoms with E-state index in [0.717, 1.165) is 17.7 Å². The lowest BCUT2D eigenvalue weighted by molar-refractivity contribution is 0.00740. The van der Waals surface area contributed by atoms with Gasteiger partial charge in [-0.1, -0.05) is 24.2 Å². The lowest BCUT2D eigenvalue weighted by Gasteiger charge is -2.34. The van der Waals surface area contributed by atoms with Crippen LogP contribution in [0.25, 0.3) is 17.1 Å². The smallest absolute Gasteiger partial charge is 0.410 e. The molecule has 3 aromatic heterocycles. The minimum atomic E-state index is -0.510. The Kier molecular flexibility index (Phi) is 6.77. The first-order valence-electron chi connectivity index (χ1n) is 12.8. The van der Waals surface area contributed by atoms with Crippen molar-refractivity contribution in [2.45, 2.75) is 64.9 Å². The molecule has 0 atom stereocenters. The standard InChI is InChI=1S/C27H31FN6O4/c1-5-27(3,4)37-26(36)33-12-10-18(11-13-33)20-15-22(35)30-24-23(16(2)31-34(20)24)25-29-21(32-38-25)14-17-6-8-19(28)9-7-17/h6-9,15,18H,5,10-14H2,1-4H3,(H,30,35). The molecule has 1 N–H and O–H groups in total. The van der Waals surface area contributed by atoms with Crippen LogP contribution in [0.3, 0.4) is 0 Å².